The molecule has 1 aliphatic rings. The number of hydrogen-bond donors (Lipinski definition) is 2. The highest BCUT2D eigenvalue weighted by atomic mass is 16.4. The maximum absolute atomic E-state index is 11.9. The van der Waals surface area contributed by atoms with E-state index in [9.17, 15) is 9.59 Å². The average molecular weight is 227 g/mol. The van der Waals surface area contributed by atoms with Crippen LogP contribution in [0.15, 0.2) is 0 Å². The molecular formula is C12H21NO3. The number of amides is 1. The molecule has 1 unspecified atom stereocenters. The van der Waals surface area contributed by atoms with Gasteiger partial charge < -0.3 is 10.4 Å². The topological polar surface area (TPSA) is 66.4 Å². The fraction of sp³-hybridized carbons (Fsp3) is 0.833. The molecule has 4 heteroatoms. The quantitative estimate of drug-likeness (QED) is 0.752. The van der Waals surface area contributed by atoms with Crippen LogP contribution in [-0.2, 0) is 9.59 Å². The van der Waals surface area contributed by atoms with Gasteiger partial charge in [0.1, 0.15) is 0 Å². The number of nitrogens with one attached hydrogen (secondary N) is 1. The summed E-state index contributed by atoms with van der Waals surface area (Å²) in [5, 5.41) is 11.5. The molecule has 1 aliphatic carbocycles. The van der Waals surface area contributed by atoms with Crippen molar-refractivity contribution < 1.29 is 14.7 Å². The Labute approximate surface area is 96.4 Å². The summed E-state index contributed by atoms with van der Waals surface area (Å²) in [6, 6.07) is 0. The van der Waals surface area contributed by atoms with Crippen LogP contribution in [0.2, 0.25) is 0 Å². The van der Waals surface area contributed by atoms with Gasteiger partial charge in [-0.3, -0.25) is 9.59 Å². The molecule has 0 spiro atoms. The zero-order valence-electron chi connectivity index (χ0n) is 10.1. The lowest BCUT2D eigenvalue weighted by Crippen LogP contribution is -2.38. The van der Waals surface area contributed by atoms with E-state index in [2.05, 4.69) is 5.32 Å². The first-order chi connectivity index (χ1) is 7.46. The lowest BCUT2D eigenvalue weighted by atomic mass is 9.88. The van der Waals surface area contributed by atoms with Crippen molar-refractivity contribution in [2.75, 3.05) is 6.54 Å². The van der Waals surface area contributed by atoms with Crippen LogP contribution >= 0.6 is 0 Å². The summed E-state index contributed by atoms with van der Waals surface area (Å²) in [6.45, 7) is 4.11. The van der Waals surface area contributed by atoms with Crippen molar-refractivity contribution in [1.82, 2.24) is 5.32 Å². The van der Waals surface area contributed by atoms with Gasteiger partial charge in [-0.2, -0.15) is 0 Å². The maximum Gasteiger partial charge on any atom is 0.306 e. The van der Waals surface area contributed by atoms with Crippen LogP contribution in [0.1, 0.15) is 46.0 Å². The summed E-state index contributed by atoms with van der Waals surface area (Å²) >= 11 is 0. The van der Waals surface area contributed by atoms with Gasteiger partial charge in [-0.05, 0) is 19.3 Å². The second kappa shape index (κ2) is 5.32. The molecule has 1 fully saturated rings. The zero-order valence-corrected chi connectivity index (χ0v) is 10.1. The van der Waals surface area contributed by atoms with Crippen molar-refractivity contribution in [3.63, 3.8) is 0 Å². The fourth-order valence-electron chi connectivity index (χ4n) is 2.12. The highest BCUT2D eigenvalue weighted by Crippen LogP contribution is 2.37. The Morgan fingerprint density at radius 1 is 1.38 bits per heavy atom. The summed E-state index contributed by atoms with van der Waals surface area (Å²) < 4.78 is 0. The molecule has 1 saturated carbocycles. The second-order valence-corrected chi connectivity index (χ2v) is 5.05. The van der Waals surface area contributed by atoms with Gasteiger partial charge in [-0.15, -0.1) is 0 Å². The molecule has 92 valence electrons. The fourth-order valence-corrected chi connectivity index (χ4v) is 2.12. The van der Waals surface area contributed by atoms with Crippen LogP contribution in [0.3, 0.4) is 0 Å². The molecule has 4 nitrogen and oxygen atoms in total. The Morgan fingerprint density at radius 3 is 2.44 bits per heavy atom. The Hall–Kier alpha value is -1.06. The largest absolute Gasteiger partial charge is 0.481 e. The van der Waals surface area contributed by atoms with Gasteiger partial charge >= 0.3 is 5.97 Å². The van der Waals surface area contributed by atoms with Gasteiger partial charge in [0.05, 0.1) is 5.92 Å². The molecule has 0 aromatic rings. The van der Waals surface area contributed by atoms with Gasteiger partial charge in [0.15, 0.2) is 0 Å². The van der Waals surface area contributed by atoms with Gasteiger partial charge in [-0.25, -0.2) is 0 Å². The lowest BCUT2D eigenvalue weighted by Gasteiger charge is -2.22. The van der Waals surface area contributed by atoms with Crippen LogP contribution in [0, 0.1) is 11.3 Å². The maximum atomic E-state index is 11.9. The number of carboxylic acid groups (broad SMARTS) is 1. The molecule has 1 atom stereocenters. The van der Waals surface area contributed by atoms with Crippen LogP contribution < -0.4 is 5.32 Å². The Morgan fingerprint density at radius 2 is 1.94 bits per heavy atom. The van der Waals surface area contributed by atoms with E-state index < -0.39 is 11.9 Å². The zero-order chi connectivity index (χ0) is 12.2. The number of carbonyl (C=O) groups is 2. The Kier molecular flexibility index (Phi) is 4.33. The monoisotopic (exact) mass is 227 g/mol. The number of carbonyl (C=O) groups excluding carboxylic acids is 1. The first-order valence-electron chi connectivity index (χ1n) is 5.97. The molecule has 0 aromatic carbocycles. The van der Waals surface area contributed by atoms with E-state index in [1.54, 1.807) is 6.92 Å². The molecule has 0 bridgehead atoms. The van der Waals surface area contributed by atoms with Crippen molar-refractivity contribution in [2.45, 2.75) is 46.0 Å². The standard InChI is InChI=1S/C12H21NO3/c1-9(10(14)15)5-8-13-11(16)12(2)6-3-4-7-12/h9H,3-8H2,1-2H3,(H,13,16)(H,14,15). The third-order valence-corrected chi connectivity index (χ3v) is 3.54. The third kappa shape index (κ3) is 3.22. The SMILES string of the molecule is CC(CCNC(=O)C1(C)CCCC1)C(=O)O. The molecule has 0 saturated heterocycles. The number of rotatable bonds is 5. The van der Waals surface area contributed by atoms with E-state index in [4.69, 9.17) is 5.11 Å². The minimum absolute atomic E-state index is 0.0857. The molecule has 1 rings (SSSR count). The van der Waals surface area contributed by atoms with Crippen LogP contribution in [-0.4, -0.2) is 23.5 Å². The molecule has 16 heavy (non-hydrogen) atoms. The van der Waals surface area contributed by atoms with Gasteiger partial charge in [0.25, 0.3) is 0 Å². The summed E-state index contributed by atoms with van der Waals surface area (Å²) in [6.07, 6.45) is 4.64. The van der Waals surface area contributed by atoms with Crippen molar-refractivity contribution in [2.24, 2.45) is 11.3 Å². The Balaban J connectivity index is 2.27. The molecule has 2 N–H and O–H groups in total. The van der Waals surface area contributed by atoms with E-state index in [1.807, 2.05) is 6.92 Å². The average Bonchev–Trinajstić information content (AvgIpc) is 2.66. The second-order valence-electron chi connectivity index (χ2n) is 5.05. The van der Waals surface area contributed by atoms with Crippen LogP contribution in [0.25, 0.3) is 0 Å². The highest BCUT2D eigenvalue weighted by Gasteiger charge is 2.35. The summed E-state index contributed by atoms with van der Waals surface area (Å²) in [5.41, 5.74) is -0.216. The first kappa shape index (κ1) is 13.0. The molecule has 0 aliphatic heterocycles. The molecule has 0 heterocycles. The van der Waals surface area contributed by atoms with Crippen molar-refractivity contribution in [3.8, 4) is 0 Å². The van der Waals surface area contributed by atoms with E-state index in [0.717, 1.165) is 25.7 Å². The number of aliphatic carboxylic acids is 1. The predicted octanol–water partition coefficient (Wildman–Crippen LogP) is 1.79. The molecule has 0 aromatic heterocycles. The normalized spacial score (nSPS) is 20.4. The summed E-state index contributed by atoms with van der Waals surface area (Å²) in [5.74, 6) is -1.11. The van der Waals surface area contributed by atoms with E-state index in [0.29, 0.717) is 13.0 Å². The molecular weight excluding hydrogens is 206 g/mol. The van der Waals surface area contributed by atoms with E-state index in [1.165, 1.54) is 0 Å². The summed E-state index contributed by atoms with van der Waals surface area (Å²) in [4.78, 5) is 22.4. The molecule has 0 radical (unpaired) electrons. The number of carboxylic acids is 1. The highest BCUT2D eigenvalue weighted by molar-refractivity contribution is 5.82. The number of hydrogen-bond acceptors (Lipinski definition) is 2. The predicted molar refractivity (Wildman–Crippen MR) is 61.0 cm³/mol. The molecule has 1 amide bonds. The van der Waals surface area contributed by atoms with Gasteiger partial charge in [-0.1, -0.05) is 26.7 Å². The van der Waals surface area contributed by atoms with Gasteiger partial charge in [0, 0.05) is 12.0 Å². The Bertz CT molecular complexity index is 269. The first-order valence-corrected chi connectivity index (χ1v) is 5.97. The van der Waals surface area contributed by atoms with Crippen molar-refractivity contribution in [1.29, 1.82) is 0 Å². The lowest BCUT2D eigenvalue weighted by molar-refractivity contribution is -0.141. The van der Waals surface area contributed by atoms with Crippen molar-refractivity contribution >= 4 is 11.9 Å². The van der Waals surface area contributed by atoms with E-state index in [-0.39, 0.29) is 11.3 Å². The minimum atomic E-state index is -0.804. The third-order valence-electron chi connectivity index (χ3n) is 3.54. The van der Waals surface area contributed by atoms with Crippen LogP contribution in [0.5, 0.6) is 0 Å². The van der Waals surface area contributed by atoms with Gasteiger partial charge in [0.2, 0.25) is 5.91 Å². The van der Waals surface area contributed by atoms with Crippen LogP contribution in [0.4, 0.5) is 0 Å². The van der Waals surface area contributed by atoms with E-state index >= 15 is 0 Å². The smallest absolute Gasteiger partial charge is 0.306 e. The minimum Gasteiger partial charge on any atom is -0.481 e. The summed E-state index contributed by atoms with van der Waals surface area (Å²) in [7, 11) is 0. The van der Waals surface area contributed by atoms with Crippen molar-refractivity contribution in [3.05, 3.63) is 0 Å².